The number of fused-ring (bicyclic) bond motifs is 1. The molecule has 4 fully saturated rings. The van der Waals surface area contributed by atoms with Crippen molar-refractivity contribution in [3.05, 3.63) is 24.0 Å². The number of allylic oxidation sites excluding steroid dienone is 2. The molecule has 21 heavy (non-hydrogen) atoms. The van der Waals surface area contributed by atoms with Crippen LogP contribution in [0.5, 0.6) is 0 Å². The van der Waals surface area contributed by atoms with Gasteiger partial charge in [0.2, 0.25) is 5.82 Å². The van der Waals surface area contributed by atoms with Crippen molar-refractivity contribution < 1.29 is 4.48 Å². The number of quaternary nitrogens is 1. The second kappa shape index (κ2) is 4.28. The van der Waals surface area contributed by atoms with Crippen molar-refractivity contribution in [2.75, 3.05) is 13.2 Å². The second-order valence-electron chi connectivity index (χ2n) is 8.29. The molecule has 0 N–H and O–H groups in total. The van der Waals surface area contributed by atoms with Crippen molar-refractivity contribution >= 4 is 0 Å². The summed E-state index contributed by atoms with van der Waals surface area (Å²) in [5, 5.41) is 9.15. The van der Waals surface area contributed by atoms with Crippen molar-refractivity contribution in [3.8, 4) is 0 Å². The molecule has 3 heteroatoms. The van der Waals surface area contributed by atoms with E-state index in [4.69, 9.17) is 0 Å². The third-order valence-corrected chi connectivity index (χ3v) is 7.07. The Morgan fingerprint density at radius 2 is 1.67 bits per heavy atom. The molecule has 0 aromatic rings. The van der Waals surface area contributed by atoms with Gasteiger partial charge in [-0.3, -0.25) is 0 Å². The van der Waals surface area contributed by atoms with Crippen LogP contribution in [0.1, 0.15) is 51.4 Å². The number of rotatable bonds is 1. The average molecular weight is 284 g/mol. The zero-order chi connectivity index (χ0) is 13.9. The third-order valence-electron chi connectivity index (χ3n) is 7.07. The fourth-order valence-corrected chi connectivity index (χ4v) is 6.59. The van der Waals surface area contributed by atoms with E-state index < -0.39 is 0 Å². The molecule has 6 rings (SSSR count). The Morgan fingerprint density at radius 1 is 0.952 bits per heavy atom. The highest BCUT2D eigenvalue weighted by molar-refractivity contribution is 5.10. The summed E-state index contributed by atoms with van der Waals surface area (Å²) in [4.78, 5) is 0. The summed E-state index contributed by atoms with van der Waals surface area (Å²) in [7, 11) is 0. The van der Waals surface area contributed by atoms with Crippen LogP contribution in [0, 0.1) is 17.8 Å². The minimum absolute atomic E-state index is 0.464. The van der Waals surface area contributed by atoms with Gasteiger partial charge in [0, 0.05) is 19.3 Å². The zero-order valence-corrected chi connectivity index (χ0v) is 12.9. The van der Waals surface area contributed by atoms with Crippen LogP contribution in [0.25, 0.3) is 0 Å². The van der Waals surface area contributed by atoms with E-state index in [9.17, 15) is 0 Å². The standard InChI is InChI=1S/C18H26N3/c1-2-4-6-21(13-19-20-17(21)5-3-1)18-10-14-7-15(11-18)9-16(8-14)12-18/h2,4-5,14-16H,1,3,6-13H2/q+1. The fraction of sp³-hybridized carbons (Fsp3) is 0.778. The molecule has 0 aromatic heterocycles. The van der Waals surface area contributed by atoms with E-state index in [2.05, 4.69) is 28.5 Å². The van der Waals surface area contributed by atoms with Crippen molar-refractivity contribution in [1.82, 2.24) is 0 Å². The first-order valence-corrected chi connectivity index (χ1v) is 8.90. The summed E-state index contributed by atoms with van der Waals surface area (Å²) in [6, 6.07) is 0. The lowest BCUT2D eigenvalue weighted by Crippen LogP contribution is -2.68. The summed E-state index contributed by atoms with van der Waals surface area (Å²) in [5.41, 5.74) is 0.464. The molecule has 0 spiro atoms. The van der Waals surface area contributed by atoms with Crippen LogP contribution in [-0.2, 0) is 0 Å². The van der Waals surface area contributed by atoms with E-state index in [-0.39, 0.29) is 0 Å². The van der Waals surface area contributed by atoms with E-state index >= 15 is 0 Å². The van der Waals surface area contributed by atoms with Crippen LogP contribution in [-0.4, -0.2) is 23.2 Å². The average Bonchev–Trinajstić information content (AvgIpc) is 2.81. The summed E-state index contributed by atoms with van der Waals surface area (Å²) in [5.74, 6) is 4.31. The quantitative estimate of drug-likeness (QED) is 0.504. The Hall–Kier alpha value is -0.960. The summed E-state index contributed by atoms with van der Waals surface area (Å²) in [6.45, 7) is 2.04. The van der Waals surface area contributed by atoms with Gasteiger partial charge in [-0.15, -0.1) is 5.11 Å². The number of azo groups is 1. The molecular formula is C18H26N3+. The van der Waals surface area contributed by atoms with Gasteiger partial charge >= 0.3 is 0 Å². The lowest BCUT2D eigenvalue weighted by molar-refractivity contribution is -0.938. The molecular weight excluding hydrogens is 258 g/mol. The van der Waals surface area contributed by atoms with Crippen LogP contribution in [0.15, 0.2) is 34.3 Å². The van der Waals surface area contributed by atoms with Gasteiger partial charge in [-0.1, -0.05) is 11.2 Å². The summed E-state index contributed by atoms with van der Waals surface area (Å²) in [6.07, 6.45) is 18.4. The van der Waals surface area contributed by atoms with Gasteiger partial charge in [-0.2, -0.15) is 0 Å². The lowest BCUT2D eigenvalue weighted by Gasteiger charge is -2.62. The fourth-order valence-electron chi connectivity index (χ4n) is 6.59. The van der Waals surface area contributed by atoms with Gasteiger partial charge in [0.25, 0.3) is 0 Å². The normalized spacial score (nSPS) is 50.7. The molecule has 2 heterocycles. The number of nitrogens with zero attached hydrogens (tertiary/aromatic N) is 3. The third kappa shape index (κ3) is 1.64. The van der Waals surface area contributed by atoms with E-state index in [0.29, 0.717) is 5.54 Å². The minimum atomic E-state index is 0.464. The van der Waals surface area contributed by atoms with Gasteiger partial charge in [0.1, 0.15) is 12.1 Å². The Labute approximate surface area is 127 Å². The lowest BCUT2D eigenvalue weighted by atomic mass is 9.52. The van der Waals surface area contributed by atoms with E-state index in [1.54, 1.807) is 0 Å². The van der Waals surface area contributed by atoms with E-state index in [0.717, 1.165) is 41.9 Å². The Morgan fingerprint density at radius 3 is 2.38 bits per heavy atom. The Balaban J connectivity index is 1.61. The highest BCUT2D eigenvalue weighted by Crippen LogP contribution is 2.61. The topological polar surface area (TPSA) is 24.7 Å². The van der Waals surface area contributed by atoms with Crippen molar-refractivity contribution in [3.63, 3.8) is 0 Å². The smallest absolute Gasteiger partial charge is 0.244 e. The first-order chi connectivity index (χ1) is 10.3. The second-order valence-corrected chi connectivity index (χ2v) is 8.29. The van der Waals surface area contributed by atoms with Gasteiger partial charge in [-0.25, -0.2) is 4.48 Å². The number of hydrogen-bond acceptors (Lipinski definition) is 2. The maximum Gasteiger partial charge on any atom is 0.244 e. The minimum Gasteiger partial charge on any atom is -0.246 e. The SMILES string of the molecule is C1=CC[N+]2(C34CC5CC(CC(C5)C3)C4)CN=NC2=CCC1. The van der Waals surface area contributed by atoms with Crippen molar-refractivity contribution in [1.29, 1.82) is 0 Å². The number of hydrogen-bond donors (Lipinski definition) is 0. The molecule has 4 bridgehead atoms. The van der Waals surface area contributed by atoms with Crippen molar-refractivity contribution in [2.24, 2.45) is 28.0 Å². The summed E-state index contributed by atoms with van der Waals surface area (Å²) >= 11 is 0. The zero-order valence-electron chi connectivity index (χ0n) is 12.9. The Kier molecular flexibility index (Phi) is 2.56. The molecule has 3 nitrogen and oxygen atoms in total. The molecule has 1 atom stereocenters. The molecule has 4 saturated carbocycles. The van der Waals surface area contributed by atoms with Crippen LogP contribution >= 0.6 is 0 Å². The molecule has 0 amide bonds. The van der Waals surface area contributed by atoms with Crippen LogP contribution in [0.3, 0.4) is 0 Å². The van der Waals surface area contributed by atoms with Crippen LogP contribution in [0.4, 0.5) is 0 Å². The highest BCUT2D eigenvalue weighted by atomic mass is 15.6. The maximum absolute atomic E-state index is 4.61. The van der Waals surface area contributed by atoms with Crippen LogP contribution in [0.2, 0.25) is 0 Å². The molecule has 112 valence electrons. The molecule has 4 aliphatic carbocycles. The van der Waals surface area contributed by atoms with E-state index in [1.165, 1.54) is 50.8 Å². The highest BCUT2D eigenvalue weighted by Gasteiger charge is 2.63. The van der Waals surface area contributed by atoms with Gasteiger partial charge in [0.05, 0.1) is 0 Å². The molecule has 0 saturated heterocycles. The summed E-state index contributed by atoms with van der Waals surface area (Å²) < 4.78 is 1.08. The Bertz CT molecular complexity index is 509. The molecule has 0 aromatic carbocycles. The maximum atomic E-state index is 4.61. The molecule has 0 radical (unpaired) electrons. The predicted octanol–water partition coefficient (Wildman–Crippen LogP) is 4.39. The molecule has 1 unspecified atom stereocenters. The first-order valence-electron chi connectivity index (χ1n) is 8.90. The molecule has 2 aliphatic heterocycles. The van der Waals surface area contributed by atoms with Crippen molar-refractivity contribution in [2.45, 2.75) is 56.9 Å². The van der Waals surface area contributed by atoms with Crippen LogP contribution < -0.4 is 0 Å². The predicted molar refractivity (Wildman–Crippen MR) is 82.2 cm³/mol. The van der Waals surface area contributed by atoms with Gasteiger partial charge in [0.15, 0.2) is 6.67 Å². The van der Waals surface area contributed by atoms with E-state index in [1.807, 2.05) is 0 Å². The largest absolute Gasteiger partial charge is 0.246 e. The van der Waals surface area contributed by atoms with Gasteiger partial charge in [-0.05, 0) is 62.0 Å². The molecule has 6 aliphatic rings. The monoisotopic (exact) mass is 284 g/mol. The van der Waals surface area contributed by atoms with Gasteiger partial charge < -0.3 is 0 Å². The first kappa shape index (κ1) is 12.6.